The molecule has 5 nitrogen and oxygen atoms in total. The van der Waals surface area contributed by atoms with Gasteiger partial charge in [0, 0.05) is 18.8 Å². The van der Waals surface area contributed by atoms with E-state index >= 15 is 0 Å². The van der Waals surface area contributed by atoms with Gasteiger partial charge in [-0.15, -0.1) is 0 Å². The fourth-order valence-corrected chi connectivity index (χ4v) is 2.97. The van der Waals surface area contributed by atoms with E-state index in [2.05, 4.69) is 5.32 Å². The molecule has 1 aromatic carbocycles. The minimum Gasteiger partial charge on any atom is -0.481 e. The Morgan fingerprint density at radius 2 is 2.16 bits per heavy atom. The van der Waals surface area contributed by atoms with Crippen LogP contribution in [-0.2, 0) is 14.6 Å². The summed E-state index contributed by atoms with van der Waals surface area (Å²) >= 11 is 0. The molecule has 1 fully saturated rings. The van der Waals surface area contributed by atoms with Gasteiger partial charge >= 0.3 is 5.97 Å². The number of hydrogen-bond donors (Lipinski definition) is 2. The van der Waals surface area contributed by atoms with E-state index in [1.54, 1.807) is 0 Å². The summed E-state index contributed by atoms with van der Waals surface area (Å²) in [5.74, 6) is -2.18. The van der Waals surface area contributed by atoms with Crippen molar-refractivity contribution in [2.24, 2.45) is 5.92 Å². The van der Waals surface area contributed by atoms with Gasteiger partial charge in [-0.05, 0) is 24.1 Å². The van der Waals surface area contributed by atoms with Crippen molar-refractivity contribution in [3.05, 3.63) is 29.6 Å². The zero-order valence-electron chi connectivity index (χ0n) is 10.3. The lowest BCUT2D eigenvalue weighted by molar-refractivity contribution is -0.141. The van der Waals surface area contributed by atoms with Gasteiger partial charge in [-0.3, -0.25) is 4.79 Å². The summed E-state index contributed by atoms with van der Waals surface area (Å²) in [7, 11) is -3.63. The Bertz CT molecular complexity index is 614. The minimum atomic E-state index is -3.63. The van der Waals surface area contributed by atoms with Crippen molar-refractivity contribution >= 4 is 15.8 Å². The number of carboxylic acids is 1. The van der Waals surface area contributed by atoms with E-state index in [4.69, 9.17) is 5.11 Å². The molecule has 1 saturated heterocycles. The van der Waals surface area contributed by atoms with Crippen LogP contribution < -0.4 is 5.32 Å². The third-order valence-corrected chi connectivity index (χ3v) is 4.35. The molecule has 0 aliphatic carbocycles. The maximum atomic E-state index is 13.5. The molecule has 1 aliphatic heterocycles. The summed E-state index contributed by atoms with van der Waals surface area (Å²) in [6.07, 6.45) is 1.31. The molecule has 2 atom stereocenters. The van der Waals surface area contributed by atoms with Gasteiger partial charge in [-0.25, -0.2) is 12.8 Å². The van der Waals surface area contributed by atoms with Crippen LogP contribution in [0.1, 0.15) is 18.0 Å². The monoisotopic (exact) mass is 287 g/mol. The lowest BCUT2D eigenvalue weighted by atomic mass is 10.0. The lowest BCUT2D eigenvalue weighted by Gasteiger charge is -2.12. The minimum absolute atomic E-state index is 0.262. The Hall–Kier alpha value is -1.47. The summed E-state index contributed by atoms with van der Waals surface area (Å²) in [5, 5.41) is 11.9. The molecular weight excluding hydrogens is 273 g/mol. The first-order chi connectivity index (χ1) is 8.79. The highest BCUT2D eigenvalue weighted by Crippen LogP contribution is 2.29. The van der Waals surface area contributed by atoms with Gasteiger partial charge in [0.25, 0.3) is 0 Å². The SMILES string of the molecule is CS(=O)(=O)c1cc(C2CC(C(=O)O)CN2)ccc1F. The van der Waals surface area contributed by atoms with Crippen LogP contribution in [0, 0.1) is 11.7 Å². The molecule has 1 heterocycles. The average molecular weight is 287 g/mol. The third kappa shape index (κ3) is 2.93. The largest absolute Gasteiger partial charge is 0.481 e. The molecule has 0 amide bonds. The number of hydrogen-bond acceptors (Lipinski definition) is 4. The van der Waals surface area contributed by atoms with Gasteiger partial charge in [-0.1, -0.05) is 6.07 Å². The molecule has 19 heavy (non-hydrogen) atoms. The fraction of sp³-hybridized carbons (Fsp3) is 0.417. The van der Waals surface area contributed by atoms with Crippen molar-refractivity contribution in [3.63, 3.8) is 0 Å². The Morgan fingerprint density at radius 1 is 1.47 bits per heavy atom. The number of aliphatic carboxylic acids is 1. The number of carbonyl (C=O) groups is 1. The van der Waals surface area contributed by atoms with Gasteiger partial charge in [0.2, 0.25) is 0 Å². The van der Waals surface area contributed by atoms with Crippen LogP contribution in [0.15, 0.2) is 23.1 Å². The van der Waals surface area contributed by atoms with Crippen molar-refractivity contribution < 1.29 is 22.7 Å². The van der Waals surface area contributed by atoms with Gasteiger partial charge in [0.05, 0.1) is 5.92 Å². The Balaban J connectivity index is 2.31. The zero-order valence-corrected chi connectivity index (χ0v) is 11.1. The second kappa shape index (κ2) is 4.90. The number of nitrogens with one attached hydrogen (secondary N) is 1. The van der Waals surface area contributed by atoms with Crippen LogP contribution >= 0.6 is 0 Å². The van der Waals surface area contributed by atoms with Gasteiger partial charge in [0.1, 0.15) is 10.7 Å². The summed E-state index contributed by atoms with van der Waals surface area (Å²) in [6.45, 7) is 0.325. The number of sulfone groups is 1. The highest BCUT2D eigenvalue weighted by Gasteiger charge is 2.30. The van der Waals surface area contributed by atoms with E-state index in [-0.39, 0.29) is 10.9 Å². The lowest BCUT2D eigenvalue weighted by Crippen LogP contribution is -2.17. The Kier molecular flexibility index (Phi) is 3.60. The van der Waals surface area contributed by atoms with Crippen molar-refractivity contribution in [1.29, 1.82) is 0 Å². The van der Waals surface area contributed by atoms with E-state index in [9.17, 15) is 17.6 Å². The van der Waals surface area contributed by atoms with Crippen LogP contribution in [0.4, 0.5) is 4.39 Å². The molecule has 0 spiro atoms. The summed E-state index contributed by atoms with van der Waals surface area (Å²) < 4.78 is 36.3. The maximum Gasteiger partial charge on any atom is 0.307 e. The van der Waals surface area contributed by atoms with E-state index in [0.717, 1.165) is 12.3 Å². The first-order valence-electron chi connectivity index (χ1n) is 5.74. The van der Waals surface area contributed by atoms with Gasteiger partial charge in [-0.2, -0.15) is 0 Å². The Morgan fingerprint density at radius 3 is 2.68 bits per heavy atom. The second-order valence-electron chi connectivity index (χ2n) is 4.69. The predicted molar refractivity (Wildman–Crippen MR) is 66.0 cm³/mol. The molecule has 2 rings (SSSR count). The maximum absolute atomic E-state index is 13.5. The molecule has 2 unspecified atom stereocenters. The van der Waals surface area contributed by atoms with E-state index < -0.39 is 27.5 Å². The molecule has 0 aromatic heterocycles. The summed E-state index contributed by atoms with van der Waals surface area (Å²) in [6, 6.07) is 3.59. The first-order valence-corrected chi connectivity index (χ1v) is 7.64. The standard InChI is InChI=1S/C12H14FNO4S/c1-19(17,18)11-5-7(2-3-9(11)13)10-4-8(6-14-10)12(15)16/h2-3,5,8,10,14H,4,6H2,1H3,(H,15,16). The smallest absolute Gasteiger partial charge is 0.307 e. The highest BCUT2D eigenvalue weighted by molar-refractivity contribution is 7.90. The second-order valence-corrected chi connectivity index (χ2v) is 6.68. The highest BCUT2D eigenvalue weighted by atomic mass is 32.2. The van der Waals surface area contributed by atoms with Crippen LogP contribution in [-0.4, -0.2) is 32.3 Å². The molecule has 1 aromatic rings. The molecule has 0 radical (unpaired) electrons. The van der Waals surface area contributed by atoms with Crippen LogP contribution in [0.25, 0.3) is 0 Å². The van der Waals surface area contributed by atoms with Crippen molar-refractivity contribution in [3.8, 4) is 0 Å². The fourth-order valence-electron chi connectivity index (χ4n) is 2.20. The quantitative estimate of drug-likeness (QED) is 0.865. The molecule has 1 aliphatic rings. The number of halogens is 1. The molecule has 104 valence electrons. The topological polar surface area (TPSA) is 83.5 Å². The van der Waals surface area contributed by atoms with Crippen molar-refractivity contribution in [2.45, 2.75) is 17.4 Å². The van der Waals surface area contributed by atoms with Gasteiger partial charge in [0.15, 0.2) is 9.84 Å². The van der Waals surface area contributed by atoms with Crippen LogP contribution in [0.5, 0.6) is 0 Å². The summed E-state index contributed by atoms with van der Waals surface area (Å²) in [5.41, 5.74) is 0.588. The molecule has 2 N–H and O–H groups in total. The van der Waals surface area contributed by atoms with Crippen LogP contribution in [0.2, 0.25) is 0 Å². The summed E-state index contributed by atoms with van der Waals surface area (Å²) in [4.78, 5) is 10.5. The average Bonchev–Trinajstić information content (AvgIpc) is 2.77. The third-order valence-electron chi connectivity index (χ3n) is 3.24. The van der Waals surface area contributed by atoms with Crippen molar-refractivity contribution in [2.75, 3.05) is 12.8 Å². The number of rotatable bonds is 3. The normalized spacial score (nSPS) is 23.5. The molecule has 0 saturated carbocycles. The van der Waals surface area contributed by atoms with E-state index in [1.165, 1.54) is 12.1 Å². The molecule has 0 bridgehead atoms. The zero-order chi connectivity index (χ0) is 14.2. The van der Waals surface area contributed by atoms with Gasteiger partial charge < -0.3 is 10.4 Å². The van der Waals surface area contributed by atoms with Crippen LogP contribution in [0.3, 0.4) is 0 Å². The predicted octanol–water partition coefficient (Wildman–Crippen LogP) is 0.964. The molecular formula is C12H14FNO4S. The molecule has 7 heteroatoms. The van der Waals surface area contributed by atoms with E-state index in [0.29, 0.717) is 18.5 Å². The Labute approximate surface area is 110 Å². The van der Waals surface area contributed by atoms with Crippen molar-refractivity contribution in [1.82, 2.24) is 5.32 Å². The number of benzene rings is 1. The number of carboxylic acid groups (broad SMARTS) is 1. The first kappa shape index (κ1) is 14.0. The van der Waals surface area contributed by atoms with E-state index in [1.807, 2.05) is 0 Å².